The molecule has 1 fully saturated rings. The molecular weight excluding hydrogens is 286 g/mol. The number of hydrogen-bond acceptors (Lipinski definition) is 3. The van der Waals surface area contributed by atoms with Crippen LogP contribution in [0.3, 0.4) is 0 Å². The third-order valence-electron chi connectivity index (χ3n) is 4.68. The van der Waals surface area contributed by atoms with E-state index in [1.165, 1.54) is 11.1 Å². The fourth-order valence-electron chi connectivity index (χ4n) is 3.30. The Labute approximate surface area is 138 Å². The second kappa shape index (κ2) is 7.62. The molecule has 0 aromatic heterocycles. The molecular formula is C20H25NO2. The van der Waals surface area contributed by atoms with Crippen molar-refractivity contribution >= 4 is 0 Å². The van der Waals surface area contributed by atoms with Gasteiger partial charge in [0.25, 0.3) is 0 Å². The van der Waals surface area contributed by atoms with Crippen LogP contribution in [0.25, 0.3) is 0 Å². The number of nitrogens with one attached hydrogen (secondary N) is 1. The van der Waals surface area contributed by atoms with Gasteiger partial charge in [-0.25, -0.2) is 0 Å². The van der Waals surface area contributed by atoms with Crippen molar-refractivity contribution in [2.24, 2.45) is 0 Å². The Morgan fingerprint density at radius 3 is 2.13 bits per heavy atom. The summed E-state index contributed by atoms with van der Waals surface area (Å²) >= 11 is 0. The van der Waals surface area contributed by atoms with Gasteiger partial charge in [0.1, 0.15) is 5.75 Å². The predicted octanol–water partition coefficient (Wildman–Crippen LogP) is 3.68. The molecule has 3 heteroatoms. The summed E-state index contributed by atoms with van der Waals surface area (Å²) < 4.78 is 5.27. The fraction of sp³-hybridized carbons (Fsp3) is 0.400. The van der Waals surface area contributed by atoms with E-state index in [9.17, 15) is 5.11 Å². The summed E-state index contributed by atoms with van der Waals surface area (Å²) in [6, 6.07) is 19.4. The lowest BCUT2D eigenvalue weighted by Gasteiger charge is -2.31. The summed E-state index contributed by atoms with van der Waals surface area (Å²) in [6.45, 7) is 0. The Morgan fingerprint density at radius 2 is 1.52 bits per heavy atom. The van der Waals surface area contributed by atoms with Crippen LogP contribution in [0.5, 0.6) is 5.75 Å². The molecule has 0 spiro atoms. The quantitative estimate of drug-likeness (QED) is 0.885. The van der Waals surface area contributed by atoms with Gasteiger partial charge in [0, 0.05) is 6.04 Å². The van der Waals surface area contributed by atoms with Crippen LogP contribution in [0.4, 0.5) is 0 Å². The molecule has 1 aliphatic carbocycles. The monoisotopic (exact) mass is 311 g/mol. The van der Waals surface area contributed by atoms with Gasteiger partial charge in [-0.1, -0.05) is 42.5 Å². The van der Waals surface area contributed by atoms with Crippen molar-refractivity contribution in [3.8, 4) is 5.75 Å². The zero-order valence-electron chi connectivity index (χ0n) is 13.6. The molecule has 1 atom stereocenters. The molecule has 3 nitrogen and oxygen atoms in total. The first-order valence-electron chi connectivity index (χ1n) is 8.39. The topological polar surface area (TPSA) is 41.5 Å². The lowest BCUT2D eigenvalue weighted by molar-refractivity contribution is 0.115. The van der Waals surface area contributed by atoms with E-state index >= 15 is 0 Å². The average molecular weight is 311 g/mol. The van der Waals surface area contributed by atoms with Crippen LogP contribution in [0, 0.1) is 0 Å². The van der Waals surface area contributed by atoms with Crippen LogP contribution in [0.1, 0.15) is 42.9 Å². The summed E-state index contributed by atoms with van der Waals surface area (Å²) in [6.07, 6.45) is 3.72. The van der Waals surface area contributed by atoms with Crippen molar-refractivity contribution in [2.45, 2.75) is 43.9 Å². The first-order valence-corrected chi connectivity index (χ1v) is 8.39. The van der Waals surface area contributed by atoms with Crippen LogP contribution >= 0.6 is 0 Å². The second-order valence-corrected chi connectivity index (χ2v) is 6.29. The highest BCUT2D eigenvalue weighted by Gasteiger charge is 2.23. The van der Waals surface area contributed by atoms with Gasteiger partial charge < -0.3 is 15.2 Å². The number of aliphatic hydroxyl groups is 1. The van der Waals surface area contributed by atoms with Gasteiger partial charge in [-0.3, -0.25) is 0 Å². The Balaban J connectivity index is 1.81. The number of ether oxygens (including phenoxy) is 1. The summed E-state index contributed by atoms with van der Waals surface area (Å²) in [5.41, 5.74) is 2.51. The Morgan fingerprint density at radius 1 is 0.913 bits per heavy atom. The molecule has 1 unspecified atom stereocenters. The molecule has 1 saturated carbocycles. The smallest absolute Gasteiger partial charge is 0.118 e. The van der Waals surface area contributed by atoms with E-state index in [2.05, 4.69) is 41.7 Å². The zero-order chi connectivity index (χ0) is 16.1. The Bertz CT molecular complexity index is 589. The first-order chi connectivity index (χ1) is 11.3. The van der Waals surface area contributed by atoms with Gasteiger partial charge in [0.05, 0.1) is 19.3 Å². The van der Waals surface area contributed by atoms with Crippen LogP contribution in [-0.2, 0) is 0 Å². The summed E-state index contributed by atoms with van der Waals surface area (Å²) in [7, 11) is 1.69. The number of hydrogen-bond donors (Lipinski definition) is 2. The maximum Gasteiger partial charge on any atom is 0.118 e. The Kier molecular flexibility index (Phi) is 5.31. The second-order valence-electron chi connectivity index (χ2n) is 6.29. The minimum Gasteiger partial charge on any atom is -0.497 e. The third-order valence-corrected chi connectivity index (χ3v) is 4.68. The highest BCUT2D eigenvalue weighted by Crippen LogP contribution is 2.27. The SMILES string of the molecule is COc1ccc(C(NC2CCC(O)CC2)c2ccccc2)cc1. The maximum absolute atomic E-state index is 9.71. The van der Waals surface area contributed by atoms with E-state index in [-0.39, 0.29) is 12.1 Å². The highest BCUT2D eigenvalue weighted by atomic mass is 16.5. The van der Waals surface area contributed by atoms with Crippen molar-refractivity contribution < 1.29 is 9.84 Å². The van der Waals surface area contributed by atoms with Gasteiger partial charge in [-0.05, 0) is 48.9 Å². The summed E-state index contributed by atoms with van der Waals surface area (Å²) in [4.78, 5) is 0. The van der Waals surface area contributed by atoms with Crippen molar-refractivity contribution in [2.75, 3.05) is 7.11 Å². The molecule has 122 valence electrons. The van der Waals surface area contributed by atoms with Gasteiger partial charge in [0.15, 0.2) is 0 Å². The van der Waals surface area contributed by atoms with E-state index in [4.69, 9.17) is 4.74 Å². The Hall–Kier alpha value is -1.84. The van der Waals surface area contributed by atoms with Crippen molar-refractivity contribution in [1.82, 2.24) is 5.32 Å². The number of methoxy groups -OCH3 is 1. The molecule has 2 aromatic rings. The van der Waals surface area contributed by atoms with Crippen LogP contribution in [0.2, 0.25) is 0 Å². The summed E-state index contributed by atoms with van der Waals surface area (Å²) in [5.74, 6) is 0.876. The number of aliphatic hydroxyl groups excluding tert-OH is 1. The van der Waals surface area contributed by atoms with Gasteiger partial charge >= 0.3 is 0 Å². The molecule has 3 rings (SSSR count). The van der Waals surface area contributed by atoms with Crippen molar-refractivity contribution in [1.29, 1.82) is 0 Å². The third kappa shape index (κ3) is 4.12. The number of benzene rings is 2. The molecule has 0 saturated heterocycles. The van der Waals surface area contributed by atoms with Crippen LogP contribution in [-0.4, -0.2) is 24.4 Å². The van der Waals surface area contributed by atoms with Gasteiger partial charge in [-0.2, -0.15) is 0 Å². The van der Waals surface area contributed by atoms with Gasteiger partial charge in [0.2, 0.25) is 0 Å². The molecule has 2 N–H and O–H groups in total. The normalized spacial score (nSPS) is 22.5. The minimum absolute atomic E-state index is 0.121. The van der Waals surface area contributed by atoms with Crippen LogP contribution in [0.15, 0.2) is 54.6 Å². The molecule has 0 aliphatic heterocycles. The molecule has 0 amide bonds. The average Bonchev–Trinajstić information content (AvgIpc) is 2.62. The van der Waals surface area contributed by atoms with E-state index in [1.807, 2.05) is 18.2 Å². The lowest BCUT2D eigenvalue weighted by Crippen LogP contribution is -2.37. The number of rotatable bonds is 5. The van der Waals surface area contributed by atoms with E-state index in [1.54, 1.807) is 7.11 Å². The van der Waals surface area contributed by atoms with Crippen molar-refractivity contribution in [3.05, 3.63) is 65.7 Å². The van der Waals surface area contributed by atoms with Crippen LogP contribution < -0.4 is 10.1 Å². The molecule has 1 aliphatic rings. The lowest BCUT2D eigenvalue weighted by atomic mass is 9.90. The largest absolute Gasteiger partial charge is 0.497 e. The van der Waals surface area contributed by atoms with Gasteiger partial charge in [-0.15, -0.1) is 0 Å². The molecule has 0 heterocycles. The molecule has 23 heavy (non-hydrogen) atoms. The molecule has 0 radical (unpaired) electrons. The van der Waals surface area contributed by atoms with E-state index in [0.717, 1.165) is 31.4 Å². The maximum atomic E-state index is 9.71. The van der Waals surface area contributed by atoms with E-state index in [0.29, 0.717) is 6.04 Å². The van der Waals surface area contributed by atoms with E-state index < -0.39 is 0 Å². The fourth-order valence-corrected chi connectivity index (χ4v) is 3.30. The highest BCUT2D eigenvalue weighted by molar-refractivity contribution is 5.35. The predicted molar refractivity (Wildman–Crippen MR) is 92.7 cm³/mol. The zero-order valence-corrected chi connectivity index (χ0v) is 13.6. The molecule has 2 aromatic carbocycles. The molecule has 0 bridgehead atoms. The van der Waals surface area contributed by atoms with Crippen molar-refractivity contribution in [3.63, 3.8) is 0 Å². The minimum atomic E-state index is -0.121. The summed E-state index contributed by atoms with van der Waals surface area (Å²) in [5, 5.41) is 13.5. The standard InChI is InChI=1S/C20H25NO2/c1-23-19-13-7-16(8-14-19)20(15-5-3-2-4-6-15)21-17-9-11-18(22)12-10-17/h2-8,13-14,17-18,20-22H,9-12H2,1H3. The first kappa shape index (κ1) is 16.0.